The van der Waals surface area contributed by atoms with Crippen LogP contribution < -0.4 is 31.7 Å². The van der Waals surface area contributed by atoms with Gasteiger partial charge in [0.1, 0.15) is 17.9 Å². The molecule has 6 N–H and O–H groups in total. The molecular weight excluding hydrogens is 1050 g/mol. The second-order valence-electron chi connectivity index (χ2n) is 20.9. The van der Waals surface area contributed by atoms with Gasteiger partial charge in [-0.15, -0.1) is 11.3 Å². The summed E-state index contributed by atoms with van der Waals surface area (Å²) in [5.74, 6) is -3.86. The molecule has 2 saturated heterocycles. The zero-order valence-electron chi connectivity index (χ0n) is 45.1. The van der Waals surface area contributed by atoms with Gasteiger partial charge in [-0.25, -0.2) is 9.37 Å². The lowest BCUT2D eigenvalue weighted by molar-refractivity contribution is -0.144. The van der Waals surface area contributed by atoms with Crippen molar-refractivity contribution in [1.29, 1.82) is 0 Å². The average Bonchev–Trinajstić information content (AvgIpc) is 4.07. The van der Waals surface area contributed by atoms with Gasteiger partial charge in [0, 0.05) is 81.0 Å². The van der Waals surface area contributed by atoms with E-state index in [0.29, 0.717) is 31.0 Å². The van der Waals surface area contributed by atoms with Crippen LogP contribution in [-0.4, -0.2) is 144 Å². The number of H-pyrrole nitrogens is 1. The number of aliphatic hydroxyl groups excluding tert-OH is 1. The number of hydrogen-bond donors (Lipinski definition) is 6. The Labute approximate surface area is 459 Å². The molecule has 23 heteroatoms. The molecule has 79 heavy (non-hydrogen) atoms. The summed E-state index contributed by atoms with van der Waals surface area (Å²) in [6.07, 6.45) is -5.25. The maximum Gasteiger partial charge on any atom is 0.417 e. The molecule has 2 aliphatic rings. The molecule has 424 valence electrons. The van der Waals surface area contributed by atoms with Gasteiger partial charge >= 0.3 is 6.18 Å². The third-order valence-corrected chi connectivity index (χ3v) is 15.0. The molecule has 7 rings (SSSR count). The van der Waals surface area contributed by atoms with E-state index in [1.165, 1.54) is 23.1 Å². The Bertz CT molecular complexity index is 3040. The van der Waals surface area contributed by atoms with Crippen molar-refractivity contribution in [1.82, 2.24) is 35.7 Å². The Balaban J connectivity index is 0.855. The van der Waals surface area contributed by atoms with Gasteiger partial charge in [0.25, 0.3) is 11.8 Å². The van der Waals surface area contributed by atoms with Gasteiger partial charge in [0.2, 0.25) is 23.3 Å². The van der Waals surface area contributed by atoms with Gasteiger partial charge in [-0.3, -0.25) is 33.7 Å². The number of thiazole rings is 1. The minimum Gasteiger partial charge on any atom is -0.391 e. The number of likely N-dealkylation sites (tertiary alicyclic amines) is 1. The molecule has 3 aromatic carbocycles. The monoisotopic (exact) mass is 1120 g/mol. The summed E-state index contributed by atoms with van der Waals surface area (Å²) in [5, 5.41) is 21.5. The summed E-state index contributed by atoms with van der Waals surface area (Å²) in [7, 11) is 1.98. The molecule has 0 saturated carbocycles. The largest absolute Gasteiger partial charge is 0.417 e. The van der Waals surface area contributed by atoms with Gasteiger partial charge < -0.3 is 50.6 Å². The molecule has 0 spiro atoms. The number of piperazine rings is 1. The number of ether oxygens (including phenoxy) is 2. The normalized spacial score (nSPS) is 18.3. The highest BCUT2D eigenvalue weighted by atomic mass is 32.1. The van der Waals surface area contributed by atoms with Crippen molar-refractivity contribution in [2.45, 2.75) is 97.4 Å². The molecule has 0 bridgehead atoms. The summed E-state index contributed by atoms with van der Waals surface area (Å²) in [6.45, 7) is 12.9. The number of aromatic amines is 1. The van der Waals surface area contributed by atoms with Gasteiger partial charge in [0.15, 0.2) is 0 Å². The lowest BCUT2D eigenvalue weighted by Crippen LogP contribution is -2.57. The Kier molecular flexibility index (Phi) is 19.5. The van der Waals surface area contributed by atoms with Crippen LogP contribution >= 0.6 is 11.3 Å². The number of β-amino-alcohol motifs (C(OH)–C–C–N with tert-alkyl or cyclic N) is 1. The third kappa shape index (κ3) is 15.2. The smallest absolute Gasteiger partial charge is 0.391 e. The number of rotatable bonds is 20. The highest BCUT2D eigenvalue weighted by molar-refractivity contribution is 7.13. The number of aromatic nitrogens is 2. The molecule has 2 aromatic heterocycles. The number of hydrogen-bond acceptors (Lipinski definition) is 13. The number of carbonyl (C=O) groups excluding carboxylic acids is 5. The Hall–Kier alpha value is -7.05. The fourth-order valence-corrected chi connectivity index (χ4v) is 10.3. The number of halogens is 4. The maximum absolute atomic E-state index is 15.9. The second-order valence-corrected chi connectivity index (χ2v) is 21.8. The number of nitrogens with zero attached hydrogens (tertiary/aromatic N) is 4. The van der Waals surface area contributed by atoms with E-state index in [2.05, 4.69) is 36.1 Å². The van der Waals surface area contributed by atoms with Crippen LogP contribution in [0.1, 0.15) is 85.0 Å². The predicted molar refractivity (Wildman–Crippen MR) is 291 cm³/mol. The summed E-state index contributed by atoms with van der Waals surface area (Å²) in [4.78, 5) is 91.9. The van der Waals surface area contributed by atoms with Crippen LogP contribution in [0, 0.1) is 18.2 Å². The number of pyridine rings is 1. The van der Waals surface area contributed by atoms with Crippen LogP contribution in [0.25, 0.3) is 21.6 Å². The lowest BCUT2D eigenvalue weighted by Gasteiger charge is -2.44. The first kappa shape index (κ1) is 59.6. The minimum absolute atomic E-state index is 0.00105. The van der Waals surface area contributed by atoms with Crippen molar-refractivity contribution in [3.8, 4) is 21.6 Å². The van der Waals surface area contributed by atoms with Crippen molar-refractivity contribution in [3.05, 3.63) is 123 Å². The van der Waals surface area contributed by atoms with Crippen LogP contribution in [0.5, 0.6) is 0 Å². The number of aliphatic hydroxyl groups is 1. The highest BCUT2D eigenvalue weighted by Crippen LogP contribution is 2.37. The molecule has 0 aliphatic carbocycles. The van der Waals surface area contributed by atoms with Gasteiger partial charge in [0.05, 0.1) is 71.1 Å². The number of alkyl halides is 3. The van der Waals surface area contributed by atoms with Crippen LogP contribution in [0.2, 0.25) is 0 Å². The van der Waals surface area contributed by atoms with E-state index in [1.54, 1.807) is 49.8 Å². The lowest BCUT2D eigenvalue weighted by atomic mass is 9.85. The first-order chi connectivity index (χ1) is 37.4. The van der Waals surface area contributed by atoms with Crippen molar-refractivity contribution >= 4 is 52.2 Å². The molecule has 5 aromatic rings. The predicted octanol–water partition coefficient (Wildman–Crippen LogP) is 6.38. The number of nitrogens with one attached hydrogen (secondary N) is 5. The first-order valence-corrected chi connectivity index (χ1v) is 26.8. The molecule has 18 nitrogen and oxygen atoms in total. The molecule has 5 atom stereocenters. The van der Waals surface area contributed by atoms with E-state index < -0.39 is 81.8 Å². The van der Waals surface area contributed by atoms with Gasteiger partial charge in [-0.05, 0) is 74.2 Å². The molecule has 2 fully saturated rings. The van der Waals surface area contributed by atoms with Crippen LogP contribution in [0.3, 0.4) is 0 Å². The Morgan fingerprint density at radius 1 is 0.873 bits per heavy atom. The molecule has 4 heterocycles. The topological polar surface area (TPSA) is 228 Å². The maximum atomic E-state index is 15.9. The van der Waals surface area contributed by atoms with Crippen LogP contribution in [0.4, 0.5) is 28.9 Å². The van der Waals surface area contributed by atoms with E-state index in [1.807, 2.05) is 57.0 Å². The van der Waals surface area contributed by atoms with Crippen LogP contribution in [-0.2, 0) is 36.6 Å². The minimum atomic E-state index is -5.00. The molecule has 0 radical (unpaired) electrons. The number of amides is 5. The number of anilines is 2. The first-order valence-electron chi connectivity index (χ1n) is 25.9. The van der Waals surface area contributed by atoms with Crippen LogP contribution in [0.15, 0.2) is 83.2 Å². The molecule has 5 amide bonds. The molecular formula is C56H67F4N9O9S. The van der Waals surface area contributed by atoms with Crippen molar-refractivity contribution in [2.24, 2.45) is 5.41 Å². The van der Waals surface area contributed by atoms with E-state index in [0.717, 1.165) is 27.8 Å². The van der Waals surface area contributed by atoms with E-state index in [-0.39, 0.29) is 93.4 Å². The number of benzene rings is 3. The molecule has 0 unspecified atom stereocenters. The number of aryl methyl sites for hydroxylation is 1. The summed E-state index contributed by atoms with van der Waals surface area (Å²) in [6, 6.07) is 14.8. The quantitative estimate of drug-likeness (QED) is 0.0369. The molecule has 2 aliphatic heterocycles. The SMILES string of the molecule is Cc1ncsc1-c1ccc(CNC(=O)[C@@H]2C[C@@H](O)CN2C(=O)[C@@H](NC(=O)CCOCCOCCNC(=O)c2ccc(-c3ccc(N4C[C@@H](C)N(C)[C@@H](C)C4)c(NC(=O)c4c[nH]c(=O)cc4C(F)(F)F)c3)c(F)c2)C(C)(C)C)cc1. The summed E-state index contributed by atoms with van der Waals surface area (Å²) < 4.78 is 68.8. The Morgan fingerprint density at radius 3 is 2.20 bits per heavy atom. The van der Waals surface area contributed by atoms with Gasteiger partial charge in [-0.2, -0.15) is 13.2 Å². The van der Waals surface area contributed by atoms with Crippen molar-refractivity contribution < 1.29 is 56.1 Å². The zero-order chi connectivity index (χ0) is 57.3. The standard InChI is InChI=1S/C56H67F4N9O9S/c1-32-28-68(29-33(2)67(32)7)45-15-13-37(23-44(45)65-52(74)41-27-62-48(72)25-42(41)56(58,59)60)40-14-12-38(22-43(40)57)51(73)61-17-19-78-21-20-77-18-16-47(71)66-50(55(4,5)6)54(76)69-30-39(70)24-46(69)53(75)63-26-35-8-10-36(11-9-35)49-34(3)64-31-79-49/h8-15,22-23,25,27,31-33,39,46,50,70H,16-21,24,26,28-30H2,1-7H3,(H,61,73)(H,62,72)(H,63,75)(H,65,74)(H,66,71)/t32-,33+,39-,46+,50-/m1/s1. The van der Waals surface area contributed by atoms with Crippen molar-refractivity contribution in [2.75, 3.05) is 69.9 Å². The zero-order valence-corrected chi connectivity index (χ0v) is 45.9. The van der Waals surface area contributed by atoms with E-state index >= 15 is 4.39 Å². The number of carbonyl (C=O) groups is 5. The summed E-state index contributed by atoms with van der Waals surface area (Å²) >= 11 is 1.55. The highest BCUT2D eigenvalue weighted by Gasteiger charge is 2.44. The summed E-state index contributed by atoms with van der Waals surface area (Å²) in [5.41, 5.74) is 1.53. The fourth-order valence-electron chi connectivity index (χ4n) is 9.49. The Morgan fingerprint density at radius 2 is 1.56 bits per heavy atom. The second kappa shape index (κ2) is 25.8. The fraction of sp³-hybridized carbons (Fsp3) is 0.446. The third-order valence-electron chi connectivity index (χ3n) is 14.1. The van der Waals surface area contributed by atoms with Crippen molar-refractivity contribution in [3.63, 3.8) is 0 Å². The van der Waals surface area contributed by atoms with E-state index in [9.17, 15) is 47.0 Å². The van der Waals surface area contributed by atoms with Gasteiger partial charge in [-0.1, -0.05) is 57.2 Å². The number of likely N-dealkylation sites (N-methyl/N-ethyl adjacent to an activating group) is 1. The average molecular weight is 1120 g/mol. The van der Waals surface area contributed by atoms with E-state index in [4.69, 9.17) is 9.47 Å².